The minimum absolute atomic E-state index is 0. The zero-order valence-electron chi connectivity index (χ0n) is 12.8. The second-order valence-electron chi connectivity index (χ2n) is 4.93. The molecule has 2 aromatic carbocycles. The number of nitrogens with one attached hydrogen (secondary N) is 1. The minimum Gasteiger partial charge on any atom is -1.00 e. The van der Waals surface area contributed by atoms with E-state index in [9.17, 15) is 8.42 Å². The summed E-state index contributed by atoms with van der Waals surface area (Å²) < 4.78 is 27.6. The second kappa shape index (κ2) is 8.88. The number of halogens is 1. The van der Waals surface area contributed by atoms with Gasteiger partial charge in [-0.05, 0) is 36.7 Å². The largest absolute Gasteiger partial charge is 1.00 e. The maximum atomic E-state index is 11.2. The van der Waals surface area contributed by atoms with Crippen molar-refractivity contribution in [3.05, 3.63) is 59.7 Å². The average molecular weight is 356 g/mol. The van der Waals surface area contributed by atoms with Crippen LogP contribution in [0, 0.1) is 0 Å². The molecule has 0 heterocycles. The van der Waals surface area contributed by atoms with Gasteiger partial charge in [-0.25, -0.2) is 13.6 Å². The molecule has 0 atom stereocenters. The van der Waals surface area contributed by atoms with Gasteiger partial charge in [0.05, 0.1) is 12.0 Å². The number of primary sulfonamides is 1. The molecule has 2 aromatic rings. The third kappa shape index (κ3) is 5.84. The molecular weight excluding hydrogens is 336 g/mol. The van der Waals surface area contributed by atoms with Crippen LogP contribution in [0.3, 0.4) is 0 Å². The Morgan fingerprint density at radius 1 is 1.09 bits per heavy atom. The van der Waals surface area contributed by atoms with E-state index in [1.807, 2.05) is 24.3 Å². The Labute approximate surface area is 143 Å². The summed E-state index contributed by atoms with van der Waals surface area (Å²) in [5, 5.41) is 8.42. The van der Waals surface area contributed by atoms with Crippen molar-refractivity contribution in [2.24, 2.45) is 5.14 Å². The fourth-order valence-electron chi connectivity index (χ4n) is 2.15. The smallest absolute Gasteiger partial charge is 0.238 e. The van der Waals surface area contributed by atoms with Gasteiger partial charge in [0.1, 0.15) is 5.75 Å². The summed E-state index contributed by atoms with van der Waals surface area (Å²) in [7, 11) is -1.96. The van der Waals surface area contributed by atoms with Gasteiger partial charge in [-0.1, -0.05) is 30.3 Å². The summed E-state index contributed by atoms with van der Waals surface area (Å²) in [5.74, 6) is 0.868. The first kappa shape index (κ1) is 19.4. The molecule has 23 heavy (non-hydrogen) atoms. The molecule has 5 nitrogen and oxygen atoms in total. The predicted octanol–water partition coefficient (Wildman–Crippen LogP) is -1.32. The topological polar surface area (TPSA) is 81.4 Å². The molecule has 0 aliphatic rings. The minimum atomic E-state index is -3.62. The first-order valence-electron chi connectivity index (χ1n) is 6.95. The lowest BCUT2D eigenvalue weighted by Gasteiger charge is -2.09. The average Bonchev–Trinajstić information content (AvgIpc) is 2.51. The number of rotatable bonds is 7. The monoisotopic (exact) mass is 355 g/mol. The van der Waals surface area contributed by atoms with E-state index in [0.29, 0.717) is 0 Å². The predicted molar refractivity (Wildman–Crippen MR) is 86.2 cm³/mol. The van der Waals surface area contributed by atoms with E-state index in [1.54, 1.807) is 19.2 Å². The molecule has 0 bridgehead atoms. The lowest BCUT2D eigenvalue weighted by atomic mass is 10.1. The molecule has 0 saturated heterocycles. The third-order valence-electron chi connectivity index (χ3n) is 3.35. The molecule has 0 unspecified atom stereocenters. The first-order chi connectivity index (χ1) is 10.5. The molecule has 3 N–H and O–H groups in total. The summed E-state index contributed by atoms with van der Waals surface area (Å²) in [6, 6.07) is 14.5. The zero-order valence-corrected chi connectivity index (χ0v) is 14.4. The van der Waals surface area contributed by atoms with Gasteiger partial charge in [-0.15, -0.1) is 0 Å². The standard InChI is InChI=1S/C16H20N2O3S.ClH/c1-21-16-5-3-2-4-14(16)12-18-11-10-13-6-8-15(9-7-13)22(17,19)20;/h2-9,18H,10-12H2,1H3,(H2,17,19,20);1H/p-1. The van der Waals surface area contributed by atoms with Crippen LogP contribution in [0.15, 0.2) is 53.4 Å². The number of para-hydroxylation sites is 1. The molecule has 0 fully saturated rings. The number of hydrogen-bond acceptors (Lipinski definition) is 4. The highest BCUT2D eigenvalue weighted by molar-refractivity contribution is 7.89. The highest BCUT2D eigenvalue weighted by atomic mass is 35.5. The van der Waals surface area contributed by atoms with E-state index in [-0.39, 0.29) is 17.3 Å². The van der Waals surface area contributed by atoms with Crippen molar-refractivity contribution < 1.29 is 25.6 Å². The summed E-state index contributed by atoms with van der Waals surface area (Å²) in [6.07, 6.45) is 0.806. The number of methoxy groups -OCH3 is 1. The Kier molecular flexibility index (Phi) is 7.51. The SMILES string of the molecule is COc1ccccc1CNCCc1ccc(S(N)(=O)=O)cc1.[Cl-]. The lowest BCUT2D eigenvalue weighted by Crippen LogP contribution is -3.00. The number of nitrogens with two attached hydrogens (primary N) is 1. The zero-order chi connectivity index (χ0) is 16.0. The number of hydrogen-bond donors (Lipinski definition) is 2. The van der Waals surface area contributed by atoms with Crippen LogP contribution in [0.25, 0.3) is 0 Å². The van der Waals surface area contributed by atoms with E-state index in [1.165, 1.54) is 12.1 Å². The molecule has 0 radical (unpaired) electrons. The van der Waals surface area contributed by atoms with Crippen LogP contribution in [-0.4, -0.2) is 22.1 Å². The Balaban J connectivity index is 0.00000264. The van der Waals surface area contributed by atoms with Crippen molar-refractivity contribution in [3.63, 3.8) is 0 Å². The maximum Gasteiger partial charge on any atom is 0.238 e. The van der Waals surface area contributed by atoms with Gasteiger partial charge < -0.3 is 22.5 Å². The van der Waals surface area contributed by atoms with Gasteiger partial charge in [-0.2, -0.15) is 0 Å². The Bertz CT molecular complexity index is 718. The molecule has 0 saturated carbocycles. The van der Waals surface area contributed by atoms with Crippen molar-refractivity contribution in [1.29, 1.82) is 0 Å². The van der Waals surface area contributed by atoms with Gasteiger partial charge >= 0.3 is 0 Å². The van der Waals surface area contributed by atoms with Gasteiger partial charge in [-0.3, -0.25) is 0 Å². The van der Waals surface area contributed by atoms with Crippen LogP contribution in [0.2, 0.25) is 0 Å². The quantitative estimate of drug-likeness (QED) is 0.604. The van der Waals surface area contributed by atoms with Gasteiger partial charge in [0, 0.05) is 12.1 Å². The van der Waals surface area contributed by atoms with Crippen molar-refractivity contribution in [3.8, 4) is 5.75 Å². The fraction of sp³-hybridized carbons (Fsp3) is 0.250. The number of ether oxygens (including phenoxy) is 1. The summed E-state index contributed by atoms with van der Waals surface area (Å²) in [6.45, 7) is 1.51. The van der Waals surface area contributed by atoms with E-state index in [4.69, 9.17) is 9.88 Å². The molecule has 126 valence electrons. The molecule has 0 aromatic heterocycles. The summed E-state index contributed by atoms with van der Waals surface area (Å²) in [5.41, 5.74) is 2.16. The molecule has 0 aliphatic carbocycles. The Morgan fingerprint density at radius 2 is 1.74 bits per heavy atom. The van der Waals surface area contributed by atoms with Crippen molar-refractivity contribution >= 4 is 10.0 Å². The van der Waals surface area contributed by atoms with Gasteiger partial charge in [0.2, 0.25) is 10.0 Å². The number of sulfonamides is 1. The Hall–Kier alpha value is -1.60. The molecule has 7 heteroatoms. The molecular formula is C16H20ClN2O3S-. The van der Waals surface area contributed by atoms with Crippen LogP contribution < -0.4 is 27.6 Å². The highest BCUT2D eigenvalue weighted by Gasteiger charge is 2.06. The van der Waals surface area contributed by atoms with Crippen LogP contribution in [-0.2, 0) is 23.0 Å². The van der Waals surface area contributed by atoms with Crippen LogP contribution >= 0.6 is 0 Å². The van der Waals surface area contributed by atoms with Crippen LogP contribution in [0.4, 0.5) is 0 Å². The third-order valence-corrected chi connectivity index (χ3v) is 4.28. The van der Waals surface area contributed by atoms with Crippen molar-refractivity contribution in [2.45, 2.75) is 17.9 Å². The molecule has 0 aliphatic heterocycles. The summed E-state index contributed by atoms with van der Waals surface area (Å²) in [4.78, 5) is 0.137. The van der Waals surface area contributed by atoms with Gasteiger partial charge in [0.25, 0.3) is 0 Å². The van der Waals surface area contributed by atoms with E-state index in [0.717, 1.165) is 36.4 Å². The second-order valence-corrected chi connectivity index (χ2v) is 6.49. The Morgan fingerprint density at radius 3 is 2.35 bits per heavy atom. The van der Waals surface area contributed by atoms with E-state index < -0.39 is 10.0 Å². The highest BCUT2D eigenvalue weighted by Crippen LogP contribution is 2.16. The van der Waals surface area contributed by atoms with E-state index >= 15 is 0 Å². The molecule has 2 rings (SSSR count). The van der Waals surface area contributed by atoms with Gasteiger partial charge in [0.15, 0.2) is 0 Å². The molecule has 0 amide bonds. The normalized spacial score (nSPS) is 10.9. The van der Waals surface area contributed by atoms with Crippen molar-refractivity contribution in [2.75, 3.05) is 13.7 Å². The fourth-order valence-corrected chi connectivity index (χ4v) is 2.67. The molecule has 0 spiro atoms. The number of benzene rings is 2. The van der Waals surface area contributed by atoms with E-state index in [2.05, 4.69) is 5.32 Å². The summed E-state index contributed by atoms with van der Waals surface area (Å²) >= 11 is 0. The van der Waals surface area contributed by atoms with Crippen LogP contribution in [0.5, 0.6) is 5.75 Å². The van der Waals surface area contributed by atoms with Crippen molar-refractivity contribution in [1.82, 2.24) is 5.32 Å². The van der Waals surface area contributed by atoms with Crippen LogP contribution in [0.1, 0.15) is 11.1 Å². The lowest BCUT2D eigenvalue weighted by molar-refractivity contribution is -0.00000744. The first-order valence-corrected chi connectivity index (χ1v) is 8.49. The maximum absolute atomic E-state index is 11.2.